The quantitative estimate of drug-likeness (QED) is 0.0208. The average Bonchev–Trinajstić information content (AvgIpc) is 1.74. The molecule has 0 spiro atoms. The summed E-state index contributed by atoms with van der Waals surface area (Å²) in [6.45, 7) is 16.8. The first-order valence-corrected chi connectivity index (χ1v) is 37.2. The predicted molar refractivity (Wildman–Crippen MR) is 401 cm³/mol. The van der Waals surface area contributed by atoms with Crippen LogP contribution < -0.4 is 76.1 Å². The van der Waals surface area contributed by atoms with E-state index in [0.29, 0.717) is 12.0 Å². The Kier molecular flexibility index (Phi) is 37.3. The Bertz CT molecular complexity index is 3500. The van der Waals surface area contributed by atoms with Gasteiger partial charge in [0.1, 0.15) is 72.2 Å². The highest BCUT2D eigenvalue weighted by Crippen LogP contribution is 2.23. The number of hydrogen-bond donors (Lipinski definition) is 17. The van der Waals surface area contributed by atoms with E-state index in [9.17, 15) is 87.2 Å². The number of guanidine groups is 1. The smallest absolute Gasteiger partial charge is 0.326 e. The van der Waals surface area contributed by atoms with Gasteiger partial charge in [0.2, 0.25) is 76.8 Å². The number of carboxylic acids is 2. The van der Waals surface area contributed by atoms with Crippen LogP contribution in [-0.4, -0.2) is 218 Å². The van der Waals surface area contributed by atoms with Gasteiger partial charge < -0.3 is 101 Å². The summed E-state index contributed by atoms with van der Waals surface area (Å²) >= 11 is 0. The minimum atomic E-state index is -1.71. The summed E-state index contributed by atoms with van der Waals surface area (Å²) in [7, 11) is 0. The van der Waals surface area contributed by atoms with Gasteiger partial charge in [-0.25, -0.2) is 4.79 Å². The third-order valence-corrected chi connectivity index (χ3v) is 18.4. The molecule has 21 N–H and O–H groups in total. The van der Waals surface area contributed by atoms with Crippen molar-refractivity contribution in [2.45, 2.75) is 238 Å². The molecule has 2 aliphatic rings. The van der Waals surface area contributed by atoms with Gasteiger partial charge in [-0.15, -0.1) is 0 Å². The van der Waals surface area contributed by atoms with Crippen LogP contribution in [0.1, 0.15) is 164 Å². The maximum absolute atomic E-state index is 14.8. The number of carbonyl (C=O) groups excluding carboxylic acids is 13. The number of aliphatic imine (C=N–C) groups is 1. The highest BCUT2D eigenvalue weighted by molar-refractivity contribution is 6.00. The van der Waals surface area contributed by atoms with E-state index in [2.05, 4.69) is 58.2 Å². The number of carboxylic acid groups (broad SMARTS) is 2. The zero-order valence-electron chi connectivity index (χ0n) is 64.1. The topological polar surface area (TPSA) is 560 Å². The first-order chi connectivity index (χ1) is 51.3. The lowest BCUT2D eigenvalue weighted by molar-refractivity contribution is -0.144. The number of aromatic hydroxyl groups is 1. The first-order valence-electron chi connectivity index (χ1n) is 37.2. The van der Waals surface area contributed by atoms with Crippen molar-refractivity contribution in [2.24, 2.45) is 57.5 Å². The van der Waals surface area contributed by atoms with Gasteiger partial charge in [0.05, 0.1) is 12.6 Å². The molecule has 0 saturated carbocycles. The van der Waals surface area contributed by atoms with E-state index in [1.54, 1.807) is 79.7 Å². The number of phenolic OH excluding ortho intramolecular Hbond substituents is 1. The Balaban J connectivity index is 1.52. The molecule has 13 amide bonds. The summed E-state index contributed by atoms with van der Waals surface area (Å²) in [5.41, 5.74) is 23.7. The maximum atomic E-state index is 14.8. The molecule has 0 aliphatic carbocycles. The van der Waals surface area contributed by atoms with Gasteiger partial charge in [-0.05, 0) is 130 Å². The molecule has 4 rings (SSSR count). The van der Waals surface area contributed by atoms with Gasteiger partial charge in [-0.1, -0.05) is 112 Å². The van der Waals surface area contributed by atoms with Gasteiger partial charge >= 0.3 is 11.9 Å². The number of likely N-dealkylation sites (tertiary alicyclic amines) is 2. The molecule has 2 aliphatic heterocycles. The first kappa shape index (κ1) is 90.9. The summed E-state index contributed by atoms with van der Waals surface area (Å²) in [5.74, 6) is -15.4. The number of benzene rings is 2. The molecule has 2 fully saturated rings. The van der Waals surface area contributed by atoms with Crippen molar-refractivity contribution in [3.05, 3.63) is 65.7 Å². The van der Waals surface area contributed by atoms with Crippen LogP contribution in [-0.2, 0) is 84.8 Å². The second kappa shape index (κ2) is 44.7. The molecule has 0 radical (unpaired) electrons. The minimum Gasteiger partial charge on any atom is -0.508 e. The summed E-state index contributed by atoms with van der Waals surface area (Å²) in [5, 5.41) is 56.1. The van der Waals surface area contributed by atoms with E-state index in [1.807, 2.05) is 19.9 Å². The number of aliphatic carboxylic acids is 2. The van der Waals surface area contributed by atoms with Crippen LogP contribution in [0.2, 0.25) is 0 Å². The van der Waals surface area contributed by atoms with Crippen molar-refractivity contribution in [1.82, 2.24) is 63.0 Å². The molecule has 2 aromatic rings. The molecule has 604 valence electrons. The van der Waals surface area contributed by atoms with Crippen LogP contribution in [0.15, 0.2) is 59.6 Å². The van der Waals surface area contributed by atoms with Crippen molar-refractivity contribution in [1.29, 1.82) is 0 Å². The van der Waals surface area contributed by atoms with Crippen molar-refractivity contribution in [3.63, 3.8) is 0 Å². The van der Waals surface area contributed by atoms with Gasteiger partial charge in [-0.3, -0.25) is 72.1 Å². The molecule has 35 heteroatoms. The third-order valence-electron chi connectivity index (χ3n) is 18.4. The summed E-state index contributed by atoms with van der Waals surface area (Å²) in [6, 6.07) is -1.36. The van der Waals surface area contributed by atoms with Crippen LogP contribution >= 0.6 is 0 Å². The lowest BCUT2D eigenvalue weighted by Gasteiger charge is -2.32. The van der Waals surface area contributed by atoms with Gasteiger partial charge in [-0.2, -0.15) is 0 Å². The monoisotopic (exact) mass is 1530 g/mol. The number of carbonyl (C=O) groups is 15. The predicted octanol–water partition coefficient (Wildman–Crippen LogP) is -1.32. The number of rotatable bonds is 45. The van der Waals surface area contributed by atoms with Gasteiger partial charge in [0.15, 0.2) is 5.96 Å². The number of amides is 13. The third kappa shape index (κ3) is 31.0. The number of nitrogens with two attached hydrogens (primary N) is 4. The molecule has 35 nitrogen and oxygen atoms in total. The highest BCUT2D eigenvalue weighted by atomic mass is 16.4. The van der Waals surface area contributed by atoms with Crippen LogP contribution in [0, 0.1) is 29.6 Å². The molecule has 109 heavy (non-hydrogen) atoms. The minimum absolute atomic E-state index is 0.0195. The molecule has 0 unspecified atom stereocenters. The Morgan fingerprint density at radius 2 is 0.908 bits per heavy atom. The Labute approximate surface area is 635 Å². The normalized spacial score (nSPS) is 16.9. The maximum Gasteiger partial charge on any atom is 0.326 e. The number of nitrogens with zero attached hydrogens (tertiary/aromatic N) is 3. The van der Waals surface area contributed by atoms with E-state index in [0.717, 1.165) is 10.5 Å². The molecule has 2 aromatic carbocycles. The van der Waals surface area contributed by atoms with E-state index >= 15 is 0 Å². The molecular formula is C74H115N17O18. The van der Waals surface area contributed by atoms with Gasteiger partial charge in [0.25, 0.3) is 0 Å². The molecular weight excluding hydrogens is 1410 g/mol. The van der Waals surface area contributed by atoms with E-state index in [-0.39, 0.29) is 113 Å². The van der Waals surface area contributed by atoms with Crippen molar-refractivity contribution < 1.29 is 87.2 Å². The second-order valence-electron chi connectivity index (χ2n) is 29.8. The molecule has 2 heterocycles. The largest absolute Gasteiger partial charge is 0.508 e. The Morgan fingerprint density at radius 1 is 0.477 bits per heavy atom. The van der Waals surface area contributed by atoms with Crippen LogP contribution in [0.4, 0.5) is 0 Å². The second-order valence-corrected chi connectivity index (χ2v) is 29.8. The summed E-state index contributed by atoms with van der Waals surface area (Å²) in [6.07, 6.45) is -1.08. The van der Waals surface area contributed by atoms with Crippen LogP contribution in [0.3, 0.4) is 0 Å². The molecule has 0 aromatic heterocycles. The van der Waals surface area contributed by atoms with Crippen LogP contribution in [0.25, 0.3) is 0 Å². The molecule has 0 bridgehead atoms. The number of primary amides is 1. The fourth-order valence-corrected chi connectivity index (χ4v) is 12.7. The van der Waals surface area contributed by atoms with Gasteiger partial charge in [0, 0.05) is 38.9 Å². The Morgan fingerprint density at radius 3 is 1.40 bits per heavy atom. The zero-order chi connectivity index (χ0) is 81.5. The van der Waals surface area contributed by atoms with E-state index in [1.165, 1.54) is 29.2 Å². The lowest BCUT2D eigenvalue weighted by Crippen LogP contribution is -2.61. The highest BCUT2D eigenvalue weighted by Gasteiger charge is 2.43. The fraction of sp³-hybridized carbons (Fsp3) is 0.622. The van der Waals surface area contributed by atoms with E-state index in [4.69, 9.17) is 22.9 Å². The molecule has 2 saturated heterocycles. The number of hydrogen-bond acceptors (Lipinski definition) is 18. The standard InChI is InChI=1S/C74H115N17O18/c1-39(2)33-51(63(98)80-38-58(94)90-31-15-20-55(90)68(103)88-60(42(7)8)70(105)83-50(73(108)109)19-14-30-79-74(77)78)87-71(106)61(43(9)10)89-69(104)56-21-16-32-91(56)72(107)49(27-29-59(95)96)82-64(99)48(26-28-57(76)93)81-67(102)54(37-45-22-24-46(92)25-23-45)86-66(101)53(35-41(5)6)85-65(100)52(34-40(3)4)84-62(97)47(75)36-44-17-12-11-13-18-44/h11-13,17-18,22-25,39-43,47-56,60-61,92H,14-16,19-21,26-38,75H2,1-10H3,(H2,76,93)(H,80,98)(H,81,102)(H,82,99)(H,83,105)(H,84,97)(H,85,100)(H,86,101)(H,87,106)(H,88,103)(H,89,104)(H,95,96)(H,108,109)(H4,77,78,79)/t47-,48-,49-,50-,51-,52-,53-,54-,55-,56-,60-,61-/m0/s1. The number of phenols is 1. The lowest BCUT2D eigenvalue weighted by atomic mass is 9.98. The molecule has 12 atom stereocenters. The summed E-state index contributed by atoms with van der Waals surface area (Å²) in [4.78, 5) is 213. The van der Waals surface area contributed by atoms with Crippen LogP contribution in [0.5, 0.6) is 5.75 Å². The Hall–Kier alpha value is -10.5. The van der Waals surface area contributed by atoms with Crippen molar-refractivity contribution >= 4 is 94.7 Å². The zero-order valence-corrected chi connectivity index (χ0v) is 64.1. The fourth-order valence-electron chi connectivity index (χ4n) is 12.7. The number of nitrogens with one attached hydrogen (secondary N) is 10. The van der Waals surface area contributed by atoms with E-state index < -0.39 is 205 Å². The van der Waals surface area contributed by atoms with Crippen molar-refractivity contribution in [2.75, 3.05) is 26.2 Å². The SMILES string of the molecule is CC(C)C[C@H](NC(=O)[C@H](CC(C)C)NC(=O)[C@@H](N)Cc1ccccc1)C(=O)N[C@@H](Cc1ccc(O)cc1)C(=O)N[C@@H](CCC(N)=O)C(=O)N[C@@H](CCC(=O)O)C(=O)N1CCC[C@H]1C(=O)N[C@H](C(=O)N[C@@H](CC(C)C)C(=O)NCC(=O)N1CCC[C@H]1C(=O)N[C@H](C(=O)N[C@@H](CCCN=C(N)N)C(=O)O)C(C)C)C(C)C. The summed E-state index contributed by atoms with van der Waals surface area (Å²) < 4.78 is 0. The van der Waals surface area contributed by atoms with Crippen molar-refractivity contribution in [3.8, 4) is 5.75 Å². The average molecular weight is 1530 g/mol.